The predicted octanol–water partition coefficient (Wildman–Crippen LogP) is 2.20. The van der Waals surface area contributed by atoms with Gasteiger partial charge in [-0.15, -0.1) is 0 Å². The third-order valence-corrected chi connectivity index (χ3v) is 2.88. The lowest BCUT2D eigenvalue weighted by Gasteiger charge is -2.21. The zero-order valence-corrected chi connectivity index (χ0v) is 10.4. The molecule has 0 aliphatic carbocycles. The van der Waals surface area contributed by atoms with Gasteiger partial charge in [0, 0.05) is 31.1 Å². The number of rotatable bonds is 6. The van der Waals surface area contributed by atoms with Crippen LogP contribution in [0, 0.1) is 6.92 Å². The summed E-state index contributed by atoms with van der Waals surface area (Å²) in [4.78, 5) is 4.16. The van der Waals surface area contributed by atoms with Crippen molar-refractivity contribution in [1.29, 1.82) is 0 Å². The molecule has 1 heterocycles. The summed E-state index contributed by atoms with van der Waals surface area (Å²) in [6, 6.07) is 2.76. The summed E-state index contributed by atoms with van der Waals surface area (Å²) in [7, 11) is 0. The van der Waals surface area contributed by atoms with Crippen LogP contribution in [0.25, 0.3) is 0 Å². The summed E-state index contributed by atoms with van der Waals surface area (Å²) in [5.74, 6) is 0. The van der Waals surface area contributed by atoms with Crippen LogP contribution in [0.1, 0.15) is 43.9 Å². The fourth-order valence-corrected chi connectivity index (χ4v) is 1.93. The minimum atomic E-state index is 0.270. The normalized spacial score (nSPS) is 14.8. The van der Waals surface area contributed by atoms with Gasteiger partial charge in [0.25, 0.3) is 0 Å². The number of aryl methyl sites for hydroxylation is 1. The molecule has 0 aliphatic rings. The number of hydrogen-bond donors (Lipinski definition) is 2. The molecule has 90 valence electrons. The van der Waals surface area contributed by atoms with E-state index in [1.54, 1.807) is 0 Å². The van der Waals surface area contributed by atoms with Gasteiger partial charge in [-0.25, -0.2) is 0 Å². The van der Waals surface area contributed by atoms with E-state index in [1.165, 1.54) is 11.1 Å². The van der Waals surface area contributed by atoms with Gasteiger partial charge in [0.2, 0.25) is 0 Å². The SMILES string of the molecule is Cc1ccncc1C(C)NC(C)CCCO. The number of nitrogens with zero attached hydrogens (tertiary/aromatic N) is 1. The van der Waals surface area contributed by atoms with Gasteiger partial charge >= 0.3 is 0 Å². The Morgan fingerprint density at radius 2 is 2.19 bits per heavy atom. The molecular weight excluding hydrogens is 200 g/mol. The third-order valence-electron chi connectivity index (χ3n) is 2.88. The van der Waals surface area contributed by atoms with Crippen LogP contribution in [0.2, 0.25) is 0 Å². The molecule has 0 fully saturated rings. The van der Waals surface area contributed by atoms with Gasteiger partial charge in [-0.3, -0.25) is 4.98 Å². The monoisotopic (exact) mass is 222 g/mol. The first-order chi connectivity index (χ1) is 7.65. The van der Waals surface area contributed by atoms with Crippen molar-refractivity contribution in [2.75, 3.05) is 6.61 Å². The Hall–Kier alpha value is -0.930. The Morgan fingerprint density at radius 3 is 2.81 bits per heavy atom. The number of nitrogens with one attached hydrogen (secondary N) is 1. The zero-order chi connectivity index (χ0) is 12.0. The van der Waals surface area contributed by atoms with E-state index in [1.807, 2.05) is 18.5 Å². The molecule has 0 aromatic carbocycles. The van der Waals surface area contributed by atoms with Gasteiger partial charge in [-0.05, 0) is 50.8 Å². The van der Waals surface area contributed by atoms with E-state index in [9.17, 15) is 0 Å². The summed E-state index contributed by atoms with van der Waals surface area (Å²) in [5, 5.41) is 12.3. The minimum Gasteiger partial charge on any atom is -0.396 e. The molecule has 3 heteroatoms. The molecule has 1 rings (SSSR count). The van der Waals surface area contributed by atoms with E-state index in [0.29, 0.717) is 12.1 Å². The molecule has 1 aromatic rings. The first-order valence-corrected chi connectivity index (χ1v) is 5.92. The Bertz CT molecular complexity index is 315. The van der Waals surface area contributed by atoms with Crippen molar-refractivity contribution in [3.63, 3.8) is 0 Å². The quantitative estimate of drug-likeness (QED) is 0.775. The second kappa shape index (κ2) is 6.61. The van der Waals surface area contributed by atoms with Crippen molar-refractivity contribution < 1.29 is 5.11 Å². The average Bonchev–Trinajstić information content (AvgIpc) is 2.26. The third kappa shape index (κ3) is 3.91. The van der Waals surface area contributed by atoms with Crippen LogP contribution in [-0.4, -0.2) is 22.7 Å². The van der Waals surface area contributed by atoms with Crippen LogP contribution in [-0.2, 0) is 0 Å². The number of aliphatic hydroxyl groups excluding tert-OH is 1. The smallest absolute Gasteiger partial charge is 0.0431 e. The van der Waals surface area contributed by atoms with Gasteiger partial charge in [0.1, 0.15) is 0 Å². The van der Waals surface area contributed by atoms with Gasteiger partial charge in [0.05, 0.1) is 0 Å². The Balaban J connectivity index is 2.52. The number of aliphatic hydroxyl groups is 1. The molecule has 3 nitrogen and oxygen atoms in total. The van der Waals surface area contributed by atoms with Crippen molar-refractivity contribution >= 4 is 0 Å². The summed E-state index contributed by atoms with van der Waals surface area (Å²) in [5.41, 5.74) is 2.52. The molecule has 0 aliphatic heterocycles. The lowest BCUT2D eigenvalue weighted by atomic mass is 10.0. The van der Waals surface area contributed by atoms with E-state index in [2.05, 4.69) is 31.1 Å². The molecule has 2 unspecified atom stereocenters. The Kier molecular flexibility index (Phi) is 5.43. The van der Waals surface area contributed by atoms with Gasteiger partial charge in [-0.2, -0.15) is 0 Å². The molecular formula is C13H22N2O. The average molecular weight is 222 g/mol. The van der Waals surface area contributed by atoms with E-state index < -0.39 is 0 Å². The van der Waals surface area contributed by atoms with Crippen LogP contribution < -0.4 is 5.32 Å². The van der Waals surface area contributed by atoms with Gasteiger partial charge in [-0.1, -0.05) is 0 Å². The van der Waals surface area contributed by atoms with E-state index in [4.69, 9.17) is 5.11 Å². The van der Waals surface area contributed by atoms with Crippen LogP contribution >= 0.6 is 0 Å². The van der Waals surface area contributed by atoms with Crippen molar-refractivity contribution in [2.45, 2.75) is 45.7 Å². The topological polar surface area (TPSA) is 45.2 Å². The number of aromatic nitrogens is 1. The molecule has 1 aromatic heterocycles. The van der Waals surface area contributed by atoms with E-state index in [0.717, 1.165) is 12.8 Å². The van der Waals surface area contributed by atoms with Gasteiger partial charge < -0.3 is 10.4 Å². The van der Waals surface area contributed by atoms with Crippen LogP contribution in [0.5, 0.6) is 0 Å². The fourth-order valence-electron chi connectivity index (χ4n) is 1.93. The second-order valence-electron chi connectivity index (χ2n) is 4.39. The highest BCUT2D eigenvalue weighted by Gasteiger charge is 2.11. The number of hydrogen-bond acceptors (Lipinski definition) is 3. The fraction of sp³-hybridized carbons (Fsp3) is 0.615. The number of pyridine rings is 1. The van der Waals surface area contributed by atoms with Crippen LogP contribution in [0.4, 0.5) is 0 Å². The lowest BCUT2D eigenvalue weighted by molar-refractivity contribution is 0.274. The van der Waals surface area contributed by atoms with Crippen molar-refractivity contribution in [3.05, 3.63) is 29.6 Å². The lowest BCUT2D eigenvalue weighted by Crippen LogP contribution is -2.29. The highest BCUT2D eigenvalue weighted by atomic mass is 16.2. The van der Waals surface area contributed by atoms with E-state index >= 15 is 0 Å². The predicted molar refractivity (Wildman–Crippen MR) is 66.3 cm³/mol. The van der Waals surface area contributed by atoms with Crippen LogP contribution in [0.15, 0.2) is 18.5 Å². The molecule has 16 heavy (non-hydrogen) atoms. The Morgan fingerprint density at radius 1 is 1.44 bits per heavy atom. The standard InChI is InChI=1S/C13H22N2O/c1-10-6-7-14-9-13(10)12(3)15-11(2)5-4-8-16/h6-7,9,11-12,15-16H,4-5,8H2,1-3H3. The second-order valence-corrected chi connectivity index (χ2v) is 4.39. The van der Waals surface area contributed by atoms with Crippen molar-refractivity contribution in [3.8, 4) is 0 Å². The molecule has 0 saturated carbocycles. The summed E-state index contributed by atoms with van der Waals surface area (Å²) in [6.07, 6.45) is 5.60. The Labute approximate surface area is 97.9 Å². The summed E-state index contributed by atoms with van der Waals surface area (Å²) in [6.45, 7) is 6.68. The molecule has 2 N–H and O–H groups in total. The van der Waals surface area contributed by atoms with Crippen molar-refractivity contribution in [1.82, 2.24) is 10.3 Å². The highest BCUT2D eigenvalue weighted by molar-refractivity contribution is 5.24. The molecule has 0 radical (unpaired) electrons. The summed E-state index contributed by atoms with van der Waals surface area (Å²) >= 11 is 0. The zero-order valence-electron chi connectivity index (χ0n) is 10.4. The highest BCUT2D eigenvalue weighted by Crippen LogP contribution is 2.16. The maximum Gasteiger partial charge on any atom is 0.0431 e. The van der Waals surface area contributed by atoms with Gasteiger partial charge in [0.15, 0.2) is 0 Å². The maximum atomic E-state index is 8.77. The van der Waals surface area contributed by atoms with E-state index in [-0.39, 0.29) is 6.61 Å². The summed E-state index contributed by atoms with van der Waals surface area (Å²) < 4.78 is 0. The van der Waals surface area contributed by atoms with Crippen molar-refractivity contribution in [2.24, 2.45) is 0 Å². The minimum absolute atomic E-state index is 0.270. The molecule has 2 atom stereocenters. The maximum absolute atomic E-state index is 8.77. The molecule has 0 spiro atoms. The molecule has 0 bridgehead atoms. The molecule has 0 saturated heterocycles. The molecule has 0 amide bonds. The largest absolute Gasteiger partial charge is 0.396 e. The first-order valence-electron chi connectivity index (χ1n) is 5.92. The first kappa shape index (κ1) is 13.1. The van der Waals surface area contributed by atoms with Crippen LogP contribution in [0.3, 0.4) is 0 Å².